The number of nitrogens with zero attached hydrogens (tertiary/aromatic N) is 4. The van der Waals surface area contributed by atoms with Gasteiger partial charge >= 0.3 is 0 Å². The van der Waals surface area contributed by atoms with Gasteiger partial charge in [-0.2, -0.15) is 5.26 Å². The van der Waals surface area contributed by atoms with E-state index < -0.39 is 11.6 Å². The highest BCUT2D eigenvalue weighted by Crippen LogP contribution is 2.25. The van der Waals surface area contributed by atoms with Crippen LogP contribution in [0.2, 0.25) is 0 Å². The molecule has 1 aromatic carbocycles. The molecule has 4 nitrogen and oxygen atoms in total. The van der Waals surface area contributed by atoms with Gasteiger partial charge in [0.15, 0.2) is 11.6 Å². The van der Waals surface area contributed by atoms with Crippen molar-refractivity contribution in [1.82, 2.24) is 14.5 Å². The van der Waals surface area contributed by atoms with Gasteiger partial charge in [0.25, 0.3) is 0 Å². The summed E-state index contributed by atoms with van der Waals surface area (Å²) >= 11 is 0. The summed E-state index contributed by atoms with van der Waals surface area (Å²) in [6.45, 7) is 1.97. The fourth-order valence-corrected chi connectivity index (χ4v) is 1.93. The standard InChI is InChI=1S/C13H14F2N4/c1-8(18(2)3)13-17-11-6-9(14)10(15)7-12(11)19(13)5-4-16/h6-8H,5H2,1-3H3. The Kier molecular flexibility index (Phi) is 3.49. The van der Waals surface area contributed by atoms with Gasteiger partial charge in [-0.1, -0.05) is 0 Å². The number of nitriles is 1. The van der Waals surface area contributed by atoms with Crippen LogP contribution in [0.1, 0.15) is 18.8 Å². The van der Waals surface area contributed by atoms with Crippen LogP contribution in [-0.2, 0) is 6.54 Å². The summed E-state index contributed by atoms with van der Waals surface area (Å²) in [6, 6.07) is 4.10. The van der Waals surface area contributed by atoms with E-state index in [1.165, 1.54) is 0 Å². The lowest BCUT2D eigenvalue weighted by Crippen LogP contribution is -2.20. The molecule has 19 heavy (non-hydrogen) atoms. The summed E-state index contributed by atoms with van der Waals surface area (Å²) in [7, 11) is 3.75. The van der Waals surface area contributed by atoms with Gasteiger partial charge in [0, 0.05) is 12.1 Å². The van der Waals surface area contributed by atoms with Crippen molar-refractivity contribution in [3.05, 3.63) is 29.6 Å². The van der Waals surface area contributed by atoms with Crippen LogP contribution in [0.5, 0.6) is 0 Å². The third kappa shape index (κ3) is 2.29. The summed E-state index contributed by atoms with van der Waals surface area (Å²) in [5.41, 5.74) is 0.794. The molecule has 0 spiro atoms. The lowest BCUT2D eigenvalue weighted by atomic mass is 10.3. The van der Waals surface area contributed by atoms with E-state index in [0.29, 0.717) is 16.9 Å². The molecule has 0 radical (unpaired) electrons. The van der Waals surface area contributed by atoms with Gasteiger partial charge in [0.2, 0.25) is 0 Å². The molecule has 0 N–H and O–H groups in total. The van der Waals surface area contributed by atoms with Crippen molar-refractivity contribution in [1.29, 1.82) is 5.26 Å². The number of aromatic nitrogens is 2. The maximum Gasteiger partial charge on any atom is 0.161 e. The molecule has 100 valence electrons. The molecule has 0 saturated carbocycles. The van der Waals surface area contributed by atoms with Crippen molar-refractivity contribution in [2.24, 2.45) is 0 Å². The minimum absolute atomic E-state index is 0.0507. The van der Waals surface area contributed by atoms with Crippen LogP contribution in [0.15, 0.2) is 12.1 Å². The normalized spacial score (nSPS) is 12.9. The number of imidazole rings is 1. The van der Waals surface area contributed by atoms with Crippen LogP contribution < -0.4 is 0 Å². The van der Waals surface area contributed by atoms with E-state index >= 15 is 0 Å². The molecule has 1 unspecified atom stereocenters. The number of hydrogen-bond donors (Lipinski definition) is 0. The molecule has 0 aliphatic heterocycles. The van der Waals surface area contributed by atoms with Crippen LogP contribution >= 0.6 is 0 Å². The first-order valence-corrected chi connectivity index (χ1v) is 5.84. The van der Waals surface area contributed by atoms with E-state index in [4.69, 9.17) is 5.26 Å². The van der Waals surface area contributed by atoms with E-state index in [1.807, 2.05) is 32.0 Å². The van der Waals surface area contributed by atoms with E-state index in [2.05, 4.69) is 4.98 Å². The Balaban J connectivity index is 2.70. The third-order valence-corrected chi connectivity index (χ3v) is 3.20. The molecule has 6 heteroatoms. The molecule has 0 aliphatic rings. The maximum atomic E-state index is 13.3. The molecule has 1 aromatic heterocycles. The zero-order valence-electron chi connectivity index (χ0n) is 11.0. The first-order valence-electron chi connectivity index (χ1n) is 5.84. The number of hydrogen-bond acceptors (Lipinski definition) is 3. The van der Waals surface area contributed by atoms with Crippen molar-refractivity contribution in [3.8, 4) is 6.07 Å². The van der Waals surface area contributed by atoms with Gasteiger partial charge in [-0.15, -0.1) is 0 Å². The van der Waals surface area contributed by atoms with Crippen LogP contribution in [0.4, 0.5) is 8.78 Å². The van der Waals surface area contributed by atoms with Crippen LogP contribution in [0.25, 0.3) is 11.0 Å². The summed E-state index contributed by atoms with van der Waals surface area (Å²) < 4.78 is 28.2. The highest BCUT2D eigenvalue weighted by molar-refractivity contribution is 5.76. The topological polar surface area (TPSA) is 44.9 Å². The van der Waals surface area contributed by atoms with Crippen molar-refractivity contribution in [3.63, 3.8) is 0 Å². The molecule has 0 fully saturated rings. The second-order valence-electron chi connectivity index (χ2n) is 4.61. The molecule has 0 saturated heterocycles. The summed E-state index contributed by atoms with van der Waals surface area (Å²) in [5, 5.41) is 8.89. The lowest BCUT2D eigenvalue weighted by Gasteiger charge is -2.19. The zero-order chi connectivity index (χ0) is 14.2. The quantitative estimate of drug-likeness (QED) is 0.855. The van der Waals surface area contributed by atoms with Crippen molar-refractivity contribution in [2.75, 3.05) is 14.1 Å². The Morgan fingerprint density at radius 3 is 2.58 bits per heavy atom. The Labute approximate surface area is 109 Å². The molecule has 2 rings (SSSR count). The van der Waals surface area contributed by atoms with Crippen molar-refractivity contribution in [2.45, 2.75) is 19.5 Å². The van der Waals surface area contributed by atoms with Gasteiger partial charge in [-0.25, -0.2) is 13.8 Å². The number of halogens is 2. The average molecular weight is 264 g/mol. The highest BCUT2D eigenvalue weighted by Gasteiger charge is 2.19. The monoisotopic (exact) mass is 264 g/mol. The molecular weight excluding hydrogens is 250 g/mol. The first kappa shape index (κ1) is 13.4. The average Bonchev–Trinajstić information content (AvgIpc) is 2.68. The molecule has 1 atom stereocenters. The second-order valence-corrected chi connectivity index (χ2v) is 4.61. The largest absolute Gasteiger partial charge is 0.313 e. The minimum atomic E-state index is -0.935. The predicted molar refractivity (Wildman–Crippen MR) is 67.4 cm³/mol. The molecule has 0 aliphatic carbocycles. The lowest BCUT2D eigenvalue weighted by molar-refractivity contribution is 0.303. The van der Waals surface area contributed by atoms with Gasteiger partial charge < -0.3 is 4.57 Å². The van der Waals surface area contributed by atoms with Crippen molar-refractivity contribution >= 4 is 11.0 Å². The smallest absolute Gasteiger partial charge is 0.161 e. The third-order valence-electron chi connectivity index (χ3n) is 3.20. The SMILES string of the molecule is CC(c1nc2cc(F)c(F)cc2n1CC#N)N(C)C. The number of rotatable bonds is 3. The summed E-state index contributed by atoms with van der Waals surface area (Å²) in [6.07, 6.45) is 0. The summed E-state index contributed by atoms with van der Waals surface area (Å²) in [4.78, 5) is 6.24. The molecular formula is C13H14F2N4. The van der Waals surface area contributed by atoms with E-state index in [9.17, 15) is 8.78 Å². The van der Waals surface area contributed by atoms with E-state index in [1.54, 1.807) is 4.57 Å². The molecule has 0 bridgehead atoms. The molecule has 0 amide bonds. The molecule has 2 aromatic rings. The maximum absolute atomic E-state index is 13.3. The van der Waals surface area contributed by atoms with Crippen LogP contribution in [0.3, 0.4) is 0 Å². The summed E-state index contributed by atoms with van der Waals surface area (Å²) in [5.74, 6) is -1.25. The Morgan fingerprint density at radius 1 is 1.37 bits per heavy atom. The zero-order valence-corrected chi connectivity index (χ0v) is 11.0. The van der Waals surface area contributed by atoms with Gasteiger partial charge in [0.05, 0.1) is 23.1 Å². The number of fused-ring (bicyclic) bond motifs is 1. The number of benzene rings is 1. The second kappa shape index (κ2) is 4.94. The predicted octanol–water partition coefficient (Wildman–Crippen LogP) is 2.46. The van der Waals surface area contributed by atoms with Crippen molar-refractivity contribution < 1.29 is 8.78 Å². The van der Waals surface area contributed by atoms with E-state index in [0.717, 1.165) is 12.1 Å². The first-order chi connectivity index (χ1) is 8.95. The Bertz CT molecular complexity index is 655. The van der Waals surface area contributed by atoms with Gasteiger partial charge in [-0.05, 0) is 21.0 Å². The van der Waals surface area contributed by atoms with E-state index in [-0.39, 0.29) is 12.6 Å². The minimum Gasteiger partial charge on any atom is -0.313 e. The van der Waals surface area contributed by atoms with Crippen LogP contribution in [-0.4, -0.2) is 28.5 Å². The Hall–Kier alpha value is -2.00. The Morgan fingerprint density at radius 2 is 2.00 bits per heavy atom. The van der Waals surface area contributed by atoms with Crippen LogP contribution in [0, 0.1) is 23.0 Å². The van der Waals surface area contributed by atoms with Gasteiger partial charge in [0.1, 0.15) is 12.4 Å². The fourth-order valence-electron chi connectivity index (χ4n) is 1.93. The highest BCUT2D eigenvalue weighted by atomic mass is 19.2. The fraction of sp³-hybridized carbons (Fsp3) is 0.385. The molecule has 1 heterocycles. The van der Waals surface area contributed by atoms with Gasteiger partial charge in [-0.3, -0.25) is 4.90 Å².